The van der Waals surface area contributed by atoms with Gasteiger partial charge in [-0.25, -0.2) is 0 Å². The molecule has 1 unspecified atom stereocenters. The molecule has 13 heteroatoms. The number of nitrogens with two attached hydrogens (primary N) is 1. The summed E-state index contributed by atoms with van der Waals surface area (Å²) in [6, 6.07) is 4.46. The molecule has 1 saturated carbocycles. The van der Waals surface area contributed by atoms with Crippen LogP contribution in [0.25, 0.3) is 11.3 Å². The monoisotopic (exact) mass is 641 g/mol. The van der Waals surface area contributed by atoms with Crippen molar-refractivity contribution in [3.05, 3.63) is 35.1 Å². The Morgan fingerprint density at radius 3 is 2.33 bits per heavy atom. The Morgan fingerprint density at radius 1 is 1.09 bits per heavy atom. The molecule has 2 aliphatic carbocycles. The van der Waals surface area contributed by atoms with Gasteiger partial charge in [-0.3, -0.25) is 24.1 Å². The highest BCUT2D eigenvalue weighted by molar-refractivity contribution is 6.24. The fourth-order valence-electron chi connectivity index (χ4n) is 7.02. The number of benzene rings is 1. The molecule has 1 fully saturated rings. The SMILES string of the molecule is CN(C)CCN(C)Cc1ccc(-c2cc(N(C)C)c3c(c2O)C(=O)C2C(=O)[C@](O)(C(=O)CC(N)=O)[C@H]([C@@H](CO)N(C)C)C[C@@H]2C3)o1. The van der Waals surface area contributed by atoms with Gasteiger partial charge < -0.3 is 40.2 Å². The van der Waals surface area contributed by atoms with Crippen molar-refractivity contribution in [2.24, 2.45) is 23.5 Å². The molecule has 0 radical (unpaired) electrons. The summed E-state index contributed by atoms with van der Waals surface area (Å²) in [6.45, 7) is 1.72. The second-order valence-electron chi connectivity index (χ2n) is 13.4. The molecule has 5 atom stereocenters. The minimum absolute atomic E-state index is 0.0320. The van der Waals surface area contributed by atoms with Gasteiger partial charge in [0.1, 0.15) is 17.3 Å². The van der Waals surface area contributed by atoms with Gasteiger partial charge >= 0.3 is 0 Å². The molecule has 46 heavy (non-hydrogen) atoms. The van der Waals surface area contributed by atoms with Crippen LogP contribution in [0, 0.1) is 17.8 Å². The van der Waals surface area contributed by atoms with E-state index in [4.69, 9.17) is 10.2 Å². The molecular weight excluding hydrogens is 594 g/mol. The van der Waals surface area contributed by atoms with Gasteiger partial charge in [0, 0.05) is 44.8 Å². The number of likely N-dealkylation sites (N-methyl/N-ethyl adjacent to an activating group) is 3. The number of amides is 1. The highest BCUT2D eigenvalue weighted by atomic mass is 16.3. The normalized spacial score (nSPS) is 23.5. The van der Waals surface area contributed by atoms with Gasteiger partial charge in [0.05, 0.1) is 36.6 Å². The van der Waals surface area contributed by atoms with E-state index in [1.165, 1.54) is 0 Å². The van der Waals surface area contributed by atoms with E-state index in [0.717, 1.165) is 13.1 Å². The topological polar surface area (TPSA) is 181 Å². The molecule has 0 bridgehead atoms. The largest absolute Gasteiger partial charge is 0.506 e. The number of anilines is 1. The molecule has 2 aliphatic rings. The zero-order chi connectivity index (χ0) is 34.2. The summed E-state index contributed by atoms with van der Waals surface area (Å²) in [5.41, 5.74) is 3.92. The average molecular weight is 642 g/mol. The molecule has 0 aliphatic heterocycles. The number of hydrogen-bond acceptors (Lipinski definition) is 12. The van der Waals surface area contributed by atoms with Crippen LogP contribution in [-0.4, -0.2) is 134 Å². The summed E-state index contributed by atoms with van der Waals surface area (Å²) in [5, 5.41) is 33.7. The summed E-state index contributed by atoms with van der Waals surface area (Å²) >= 11 is 0. The third-order valence-electron chi connectivity index (χ3n) is 9.44. The molecule has 5 N–H and O–H groups in total. The number of nitrogens with zero attached hydrogens (tertiary/aromatic N) is 4. The van der Waals surface area contributed by atoms with E-state index in [9.17, 15) is 34.5 Å². The molecule has 2 aromatic rings. The number of aliphatic hydroxyl groups excluding tert-OH is 1. The number of primary amides is 1. The fourth-order valence-corrected chi connectivity index (χ4v) is 7.02. The Labute approximate surface area is 269 Å². The third kappa shape index (κ3) is 6.47. The Bertz CT molecular complexity index is 1500. The van der Waals surface area contributed by atoms with Crippen LogP contribution < -0.4 is 10.6 Å². The van der Waals surface area contributed by atoms with Crippen LogP contribution in [0.4, 0.5) is 5.69 Å². The van der Waals surface area contributed by atoms with Gasteiger partial charge in [0.15, 0.2) is 23.0 Å². The number of carbonyl (C=O) groups is 4. The number of Topliss-reactive ketones (excluding diaryl/α,β-unsaturated/α-hetero) is 3. The van der Waals surface area contributed by atoms with Gasteiger partial charge in [-0.1, -0.05) is 0 Å². The lowest BCUT2D eigenvalue weighted by molar-refractivity contribution is -0.171. The standard InChI is InChI=1S/C33H47N5O8/c1-35(2)10-11-38(7)16-19-8-9-25(46-19)21-14-23(36(3)4)20-12-18-13-22(24(17-39)37(5)6)33(45,26(40)15-27(34)41)32(44)28(18)31(43)29(20)30(21)42/h8-9,14,18,22,24,28,39,42,45H,10-13,15-17H2,1-7H3,(H2,34,41)/t18-,22-,24+,28?,33+/m0/s1. The third-order valence-corrected chi connectivity index (χ3v) is 9.44. The predicted octanol–water partition coefficient (Wildman–Crippen LogP) is 0.370. The zero-order valence-electron chi connectivity index (χ0n) is 27.7. The predicted molar refractivity (Wildman–Crippen MR) is 171 cm³/mol. The number of furan rings is 1. The highest BCUT2D eigenvalue weighted by Gasteiger charge is 2.63. The van der Waals surface area contributed by atoms with E-state index >= 15 is 0 Å². The van der Waals surface area contributed by atoms with Crippen molar-refractivity contribution in [3.63, 3.8) is 0 Å². The van der Waals surface area contributed by atoms with Crippen LogP contribution in [0.15, 0.2) is 22.6 Å². The number of aliphatic hydroxyl groups is 2. The van der Waals surface area contributed by atoms with Crippen LogP contribution in [-0.2, 0) is 27.3 Å². The number of ketones is 3. The van der Waals surface area contributed by atoms with Crippen LogP contribution in [0.3, 0.4) is 0 Å². The average Bonchev–Trinajstić information content (AvgIpc) is 3.41. The van der Waals surface area contributed by atoms with E-state index < -0.39 is 65.7 Å². The minimum Gasteiger partial charge on any atom is -0.506 e. The number of fused-ring (bicyclic) bond motifs is 2. The molecule has 1 heterocycles. The molecule has 1 aromatic heterocycles. The lowest BCUT2D eigenvalue weighted by atomic mass is 9.56. The van der Waals surface area contributed by atoms with Gasteiger partial charge in [-0.2, -0.15) is 0 Å². The molecule has 0 spiro atoms. The number of phenolic OH excluding ortho intramolecular Hbond substituents is 1. The second-order valence-corrected chi connectivity index (χ2v) is 13.4. The molecule has 4 rings (SSSR count). The summed E-state index contributed by atoms with van der Waals surface area (Å²) in [6.07, 6.45) is -0.677. The van der Waals surface area contributed by atoms with Crippen molar-refractivity contribution < 1.29 is 38.9 Å². The van der Waals surface area contributed by atoms with E-state index in [1.54, 1.807) is 31.1 Å². The maximum absolute atomic E-state index is 14.3. The Kier molecular flexibility index (Phi) is 10.4. The number of carbonyl (C=O) groups excluding carboxylic acids is 4. The summed E-state index contributed by atoms with van der Waals surface area (Å²) in [4.78, 5) is 61.2. The maximum atomic E-state index is 14.3. The molecule has 252 valence electrons. The van der Waals surface area contributed by atoms with Crippen molar-refractivity contribution in [2.45, 2.75) is 37.5 Å². The smallest absolute Gasteiger partial charge is 0.225 e. The summed E-state index contributed by atoms with van der Waals surface area (Å²) in [7, 11) is 12.9. The van der Waals surface area contributed by atoms with Crippen molar-refractivity contribution in [3.8, 4) is 17.1 Å². The lowest BCUT2D eigenvalue weighted by Crippen LogP contribution is -2.67. The summed E-state index contributed by atoms with van der Waals surface area (Å²) < 4.78 is 6.12. The number of phenols is 1. The Balaban J connectivity index is 1.80. The lowest BCUT2D eigenvalue weighted by Gasteiger charge is -2.49. The fraction of sp³-hybridized carbons (Fsp3) is 0.576. The first kappa shape index (κ1) is 35.2. The van der Waals surface area contributed by atoms with Gasteiger partial charge in [-0.15, -0.1) is 0 Å². The van der Waals surface area contributed by atoms with Crippen LogP contribution in [0.2, 0.25) is 0 Å². The maximum Gasteiger partial charge on any atom is 0.225 e. The first-order valence-corrected chi connectivity index (χ1v) is 15.4. The summed E-state index contributed by atoms with van der Waals surface area (Å²) in [5.74, 6) is -6.46. The number of hydrogen-bond donors (Lipinski definition) is 4. The van der Waals surface area contributed by atoms with E-state index in [1.807, 2.05) is 46.2 Å². The molecular formula is C33H47N5O8. The quantitative estimate of drug-likeness (QED) is 0.221. The van der Waals surface area contributed by atoms with Crippen molar-refractivity contribution >= 4 is 28.9 Å². The molecule has 1 amide bonds. The van der Waals surface area contributed by atoms with E-state index in [2.05, 4.69) is 9.80 Å². The van der Waals surface area contributed by atoms with Crippen molar-refractivity contribution in [1.82, 2.24) is 14.7 Å². The number of rotatable bonds is 13. The van der Waals surface area contributed by atoms with Crippen LogP contribution in [0.5, 0.6) is 5.75 Å². The van der Waals surface area contributed by atoms with Crippen molar-refractivity contribution in [2.75, 3.05) is 73.9 Å². The zero-order valence-corrected chi connectivity index (χ0v) is 27.7. The van der Waals surface area contributed by atoms with Gasteiger partial charge in [-0.05, 0) is 77.8 Å². The Morgan fingerprint density at radius 2 is 1.76 bits per heavy atom. The van der Waals surface area contributed by atoms with E-state index in [0.29, 0.717) is 29.3 Å². The minimum atomic E-state index is -2.74. The van der Waals surface area contributed by atoms with E-state index in [-0.39, 0.29) is 29.7 Å². The Hall–Kier alpha value is -3.62. The molecule has 0 saturated heterocycles. The second kappa shape index (κ2) is 13.6. The molecule has 1 aromatic carbocycles. The van der Waals surface area contributed by atoms with Crippen LogP contribution >= 0.6 is 0 Å². The van der Waals surface area contributed by atoms with Gasteiger partial charge in [0.2, 0.25) is 5.91 Å². The van der Waals surface area contributed by atoms with Crippen molar-refractivity contribution in [1.29, 1.82) is 0 Å². The first-order valence-electron chi connectivity index (χ1n) is 15.4. The van der Waals surface area contributed by atoms with Crippen LogP contribution in [0.1, 0.15) is 34.5 Å². The molecule has 13 nitrogen and oxygen atoms in total. The highest BCUT2D eigenvalue weighted by Crippen LogP contribution is 2.51. The van der Waals surface area contributed by atoms with Gasteiger partial charge in [0.25, 0.3) is 0 Å². The number of aromatic hydroxyl groups is 1. The first-order chi connectivity index (χ1) is 21.5.